The van der Waals surface area contributed by atoms with E-state index in [-0.39, 0.29) is 5.75 Å². The van der Waals surface area contributed by atoms with Gasteiger partial charge in [-0.05, 0) is 55.5 Å². The Balaban J connectivity index is 1.73. The molecule has 116 valence electrons. The zero-order chi connectivity index (χ0) is 16.2. The van der Waals surface area contributed by atoms with Crippen molar-refractivity contribution in [1.29, 1.82) is 0 Å². The van der Waals surface area contributed by atoms with Gasteiger partial charge in [0.2, 0.25) is 0 Å². The molecule has 0 saturated heterocycles. The van der Waals surface area contributed by atoms with Crippen LogP contribution in [0.5, 0.6) is 17.2 Å². The SMILES string of the molecule is Cc1ccc(Oc2ccc(N(O)c3ccc([O-])cc3)cc2)cc1. The Morgan fingerprint density at radius 3 is 1.70 bits per heavy atom. The van der Waals surface area contributed by atoms with Gasteiger partial charge in [-0.2, -0.15) is 0 Å². The van der Waals surface area contributed by atoms with Crippen LogP contribution in [-0.2, 0) is 0 Å². The Labute approximate surface area is 134 Å². The second-order valence-electron chi connectivity index (χ2n) is 5.21. The van der Waals surface area contributed by atoms with Gasteiger partial charge >= 0.3 is 0 Å². The Bertz CT molecular complexity index is 765. The molecule has 0 aliphatic heterocycles. The van der Waals surface area contributed by atoms with Gasteiger partial charge in [-0.1, -0.05) is 29.8 Å². The first-order chi connectivity index (χ1) is 11.1. The maximum absolute atomic E-state index is 11.1. The molecule has 0 amide bonds. The Hall–Kier alpha value is -2.98. The molecular weight excluding hydrogens is 290 g/mol. The van der Waals surface area contributed by atoms with E-state index in [1.54, 1.807) is 36.4 Å². The lowest BCUT2D eigenvalue weighted by molar-refractivity contribution is -0.268. The van der Waals surface area contributed by atoms with Gasteiger partial charge in [0.1, 0.15) is 11.5 Å². The van der Waals surface area contributed by atoms with Gasteiger partial charge in [0, 0.05) is 0 Å². The summed E-state index contributed by atoms with van der Waals surface area (Å²) in [5, 5.41) is 22.3. The van der Waals surface area contributed by atoms with Gasteiger partial charge < -0.3 is 9.84 Å². The molecule has 0 heterocycles. The van der Waals surface area contributed by atoms with Crippen LogP contribution in [0.15, 0.2) is 72.8 Å². The van der Waals surface area contributed by atoms with Gasteiger partial charge in [0.05, 0.1) is 11.4 Å². The molecule has 4 nitrogen and oxygen atoms in total. The van der Waals surface area contributed by atoms with Gasteiger partial charge in [-0.3, -0.25) is 5.21 Å². The fourth-order valence-corrected chi connectivity index (χ4v) is 2.13. The summed E-state index contributed by atoms with van der Waals surface area (Å²) in [6.07, 6.45) is 0. The number of hydrogen-bond acceptors (Lipinski definition) is 4. The van der Waals surface area contributed by atoms with Crippen LogP contribution < -0.4 is 14.9 Å². The van der Waals surface area contributed by atoms with Crippen molar-refractivity contribution in [2.75, 3.05) is 5.06 Å². The number of benzene rings is 3. The van der Waals surface area contributed by atoms with Crippen LogP contribution in [0.4, 0.5) is 11.4 Å². The van der Waals surface area contributed by atoms with Crippen molar-refractivity contribution >= 4 is 11.4 Å². The van der Waals surface area contributed by atoms with Gasteiger partial charge in [-0.15, -0.1) is 5.75 Å². The summed E-state index contributed by atoms with van der Waals surface area (Å²) in [5.74, 6) is 1.35. The Kier molecular flexibility index (Phi) is 4.17. The maximum Gasteiger partial charge on any atom is 0.127 e. The van der Waals surface area contributed by atoms with Crippen molar-refractivity contribution in [3.8, 4) is 17.2 Å². The molecule has 0 aliphatic rings. The average Bonchev–Trinajstić information content (AvgIpc) is 2.58. The summed E-state index contributed by atoms with van der Waals surface area (Å²) in [7, 11) is 0. The predicted octanol–water partition coefficient (Wildman–Crippen LogP) is 4.39. The van der Waals surface area contributed by atoms with E-state index >= 15 is 0 Å². The third-order valence-corrected chi connectivity index (χ3v) is 3.42. The summed E-state index contributed by atoms with van der Waals surface area (Å²) >= 11 is 0. The molecule has 0 bridgehead atoms. The van der Waals surface area contributed by atoms with Crippen molar-refractivity contribution in [2.24, 2.45) is 0 Å². The number of hydrogen-bond donors (Lipinski definition) is 1. The third-order valence-electron chi connectivity index (χ3n) is 3.42. The summed E-state index contributed by atoms with van der Waals surface area (Å²) in [6, 6.07) is 20.8. The fraction of sp³-hybridized carbons (Fsp3) is 0.0526. The molecule has 0 fully saturated rings. The smallest absolute Gasteiger partial charge is 0.127 e. The van der Waals surface area contributed by atoms with Crippen LogP contribution >= 0.6 is 0 Å². The molecule has 1 N–H and O–H groups in total. The molecule has 3 aromatic carbocycles. The monoisotopic (exact) mass is 306 g/mol. The van der Waals surface area contributed by atoms with E-state index in [9.17, 15) is 10.3 Å². The summed E-state index contributed by atoms with van der Waals surface area (Å²) in [6.45, 7) is 2.02. The molecule has 4 heteroatoms. The van der Waals surface area contributed by atoms with Crippen LogP contribution in [0.3, 0.4) is 0 Å². The highest BCUT2D eigenvalue weighted by Crippen LogP contribution is 2.28. The second kappa shape index (κ2) is 6.42. The van der Waals surface area contributed by atoms with Crippen molar-refractivity contribution in [3.63, 3.8) is 0 Å². The van der Waals surface area contributed by atoms with E-state index < -0.39 is 0 Å². The normalized spacial score (nSPS) is 10.3. The lowest BCUT2D eigenvalue weighted by atomic mass is 10.2. The van der Waals surface area contributed by atoms with Crippen molar-refractivity contribution < 1.29 is 15.1 Å². The predicted molar refractivity (Wildman–Crippen MR) is 87.5 cm³/mol. The second-order valence-corrected chi connectivity index (χ2v) is 5.21. The van der Waals surface area contributed by atoms with Gasteiger partial charge in [0.15, 0.2) is 0 Å². The standard InChI is InChI=1S/C19H17NO3/c1-14-2-10-18(11-3-14)23-19-12-6-16(7-13-19)20(22)15-4-8-17(21)9-5-15/h2-13,21-22H,1H3/p-1. The lowest BCUT2D eigenvalue weighted by Crippen LogP contribution is -2.10. The number of aryl methyl sites for hydroxylation is 1. The topological polar surface area (TPSA) is 55.8 Å². The highest BCUT2D eigenvalue weighted by atomic mass is 16.5. The van der Waals surface area contributed by atoms with Crippen molar-refractivity contribution in [1.82, 2.24) is 0 Å². The molecule has 3 aromatic rings. The lowest BCUT2D eigenvalue weighted by Gasteiger charge is -2.18. The van der Waals surface area contributed by atoms with Crippen molar-refractivity contribution in [3.05, 3.63) is 78.4 Å². The number of anilines is 2. The number of ether oxygens (including phenoxy) is 1. The molecule has 0 aromatic heterocycles. The molecule has 23 heavy (non-hydrogen) atoms. The van der Waals surface area contributed by atoms with Crippen LogP contribution in [0.2, 0.25) is 0 Å². The minimum absolute atomic E-state index is 0.0935. The molecule has 3 rings (SSSR count). The Morgan fingerprint density at radius 1 is 0.739 bits per heavy atom. The van der Waals surface area contributed by atoms with Gasteiger partial charge in [0.25, 0.3) is 0 Å². The van der Waals surface area contributed by atoms with Crippen LogP contribution in [0.1, 0.15) is 5.56 Å². The molecule has 0 aliphatic carbocycles. The highest BCUT2D eigenvalue weighted by Gasteiger charge is 2.06. The van der Waals surface area contributed by atoms with Crippen LogP contribution in [0, 0.1) is 6.92 Å². The quantitative estimate of drug-likeness (QED) is 0.726. The molecular formula is C19H16NO3-. The summed E-state index contributed by atoms with van der Waals surface area (Å²) in [4.78, 5) is 0. The fourth-order valence-electron chi connectivity index (χ4n) is 2.13. The minimum Gasteiger partial charge on any atom is -0.872 e. The van der Waals surface area contributed by atoms with E-state index in [2.05, 4.69) is 0 Å². The highest BCUT2D eigenvalue weighted by molar-refractivity contribution is 5.61. The first-order valence-corrected chi connectivity index (χ1v) is 7.22. The average molecular weight is 306 g/mol. The van der Waals surface area contributed by atoms with Crippen LogP contribution in [0.25, 0.3) is 0 Å². The van der Waals surface area contributed by atoms with E-state index in [0.29, 0.717) is 17.1 Å². The first-order valence-electron chi connectivity index (χ1n) is 7.22. The molecule has 0 unspecified atom stereocenters. The molecule has 0 spiro atoms. The maximum atomic E-state index is 11.1. The first kappa shape index (κ1) is 14.9. The van der Waals surface area contributed by atoms with Crippen molar-refractivity contribution in [2.45, 2.75) is 6.92 Å². The molecule has 0 radical (unpaired) electrons. The molecule has 0 atom stereocenters. The minimum atomic E-state index is -0.0935. The van der Waals surface area contributed by atoms with E-state index in [1.807, 2.05) is 31.2 Å². The zero-order valence-corrected chi connectivity index (χ0v) is 12.6. The van der Waals surface area contributed by atoms with Gasteiger partial charge in [-0.25, -0.2) is 5.06 Å². The number of nitrogens with zero attached hydrogens (tertiary/aromatic N) is 1. The van der Waals surface area contributed by atoms with E-state index in [4.69, 9.17) is 4.74 Å². The summed E-state index contributed by atoms with van der Waals surface area (Å²) < 4.78 is 5.75. The molecule has 0 saturated carbocycles. The van der Waals surface area contributed by atoms with Crippen LogP contribution in [-0.4, -0.2) is 5.21 Å². The third kappa shape index (κ3) is 3.62. The zero-order valence-electron chi connectivity index (χ0n) is 12.6. The van der Waals surface area contributed by atoms with E-state index in [0.717, 1.165) is 10.8 Å². The summed E-state index contributed by atoms with van der Waals surface area (Å²) in [5.41, 5.74) is 2.28. The number of rotatable bonds is 4. The largest absolute Gasteiger partial charge is 0.872 e. The Morgan fingerprint density at radius 2 is 1.17 bits per heavy atom. The van der Waals surface area contributed by atoms with E-state index in [1.165, 1.54) is 17.7 Å².